The smallest absolute Gasteiger partial charge is 0.337 e. The van der Waals surface area contributed by atoms with E-state index in [1.54, 1.807) is 0 Å². The molecule has 0 unspecified atom stereocenters. The summed E-state index contributed by atoms with van der Waals surface area (Å²) in [4.78, 5) is 13.8. The van der Waals surface area contributed by atoms with Crippen LogP contribution in [0, 0.1) is 11.7 Å². The van der Waals surface area contributed by atoms with Gasteiger partial charge in [-0.15, -0.1) is 0 Å². The van der Waals surface area contributed by atoms with Gasteiger partial charge in [-0.05, 0) is 44.0 Å². The number of ether oxygens (including phenoxy) is 1. The van der Waals surface area contributed by atoms with Crippen LogP contribution in [-0.2, 0) is 24.8 Å². The molecule has 158 valence electrons. The van der Waals surface area contributed by atoms with Gasteiger partial charge in [0, 0.05) is 18.2 Å². The van der Waals surface area contributed by atoms with E-state index < -0.39 is 27.7 Å². The second kappa shape index (κ2) is 10.3. The minimum Gasteiger partial charge on any atom is -0.465 e. The summed E-state index contributed by atoms with van der Waals surface area (Å²) < 4.78 is 47.8. The molecule has 1 N–H and O–H groups in total. The number of halogens is 1. The Morgan fingerprint density at radius 1 is 1.32 bits per heavy atom. The number of benzene rings is 1. The lowest BCUT2D eigenvalue weighted by atomic mass is 10.0. The fourth-order valence-electron chi connectivity index (χ4n) is 3.22. The Kier molecular flexibility index (Phi) is 8.36. The lowest BCUT2D eigenvalue weighted by Crippen LogP contribution is -2.44. The summed E-state index contributed by atoms with van der Waals surface area (Å²) in [7, 11) is -2.76. The van der Waals surface area contributed by atoms with Gasteiger partial charge < -0.3 is 9.64 Å². The van der Waals surface area contributed by atoms with Gasteiger partial charge in [-0.2, -0.15) is 8.42 Å². The number of rotatable bonds is 9. The molecule has 1 aliphatic rings. The third-order valence-corrected chi connectivity index (χ3v) is 5.77. The minimum absolute atomic E-state index is 0.0209. The van der Waals surface area contributed by atoms with Gasteiger partial charge in [0.25, 0.3) is 10.1 Å². The molecule has 1 aromatic carbocycles. The molecule has 0 atom stereocenters. The van der Waals surface area contributed by atoms with Gasteiger partial charge in [-0.3, -0.25) is 9.50 Å². The highest BCUT2D eigenvalue weighted by Gasteiger charge is 2.21. The van der Waals surface area contributed by atoms with Crippen molar-refractivity contribution in [3.8, 4) is 0 Å². The Labute approximate surface area is 166 Å². The summed E-state index contributed by atoms with van der Waals surface area (Å²) >= 11 is 0. The van der Waals surface area contributed by atoms with E-state index in [-0.39, 0.29) is 23.9 Å². The molecular weight excluding hydrogens is 387 g/mol. The van der Waals surface area contributed by atoms with Crippen LogP contribution in [0.15, 0.2) is 18.2 Å². The summed E-state index contributed by atoms with van der Waals surface area (Å²) in [6.45, 7) is 7.25. The van der Waals surface area contributed by atoms with E-state index in [9.17, 15) is 17.6 Å². The number of piperidine rings is 1. The predicted octanol–water partition coefficient (Wildman–Crippen LogP) is 2.13. The molecule has 0 saturated carbocycles. The zero-order valence-corrected chi connectivity index (χ0v) is 17.4. The second-order valence-corrected chi connectivity index (χ2v) is 9.07. The predicted molar refractivity (Wildman–Crippen MR) is 104 cm³/mol. The molecule has 9 heteroatoms. The second-order valence-electron chi connectivity index (χ2n) is 7.43. The van der Waals surface area contributed by atoms with Gasteiger partial charge >= 0.3 is 5.97 Å². The highest BCUT2D eigenvalue weighted by Crippen LogP contribution is 2.16. The number of likely N-dealkylation sites (tertiary alicyclic amines) is 1. The van der Waals surface area contributed by atoms with Crippen LogP contribution in [0.2, 0.25) is 0 Å². The van der Waals surface area contributed by atoms with Crippen molar-refractivity contribution in [2.75, 3.05) is 33.5 Å². The van der Waals surface area contributed by atoms with Crippen LogP contribution in [0.4, 0.5) is 4.39 Å². The number of hydrogen-bond donors (Lipinski definition) is 1. The SMILES string of the molecule is COC(=O)c1ccc(CS(=O)(=O)OCNC2CCN(CC(C)C)CC2)c(F)c1. The molecule has 1 heterocycles. The zero-order valence-electron chi connectivity index (χ0n) is 16.6. The van der Waals surface area contributed by atoms with Crippen molar-refractivity contribution in [3.05, 3.63) is 35.1 Å². The van der Waals surface area contributed by atoms with Gasteiger partial charge in [-0.25, -0.2) is 9.18 Å². The Morgan fingerprint density at radius 3 is 2.57 bits per heavy atom. The van der Waals surface area contributed by atoms with Crippen molar-refractivity contribution in [1.82, 2.24) is 10.2 Å². The standard InChI is InChI=1S/C19H29FN2O5S/c1-14(2)11-22-8-6-17(7-9-22)21-13-27-28(24,25)12-16-5-4-15(10-18(16)20)19(23)26-3/h4-5,10,14,17,21H,6-9,11-13H2,1-3H3. The summed E-state index contributed by atoms with van der Waals surface area (Å²) in [6.07, 6.45) is 1.86. The quantitative estimate of drug-likeness (QED) is 0.375. The van der Waals surface area contributed by atoms with E-state index in [1.165, 1.54) is 19.2 Å². The fourth-order valence-corrected chi connectivity index (χ4v) is 4.16. The third kappa shape index (κ3) is 7.12. The molecular formula is C19H29FN2O5S. The first-order chi connectivity index (χ1) is 13.2. The third-order valence-electron chi connectivity index (χ3n) is 4.63. The van der Waals surface area contributed by atoms with Gasteiger partial charge in [0.1, 0.15) is 18.3 Å². The van der Waals surface area contributed by atoms with E-state index >= 15 is 0 Å². The van der Waals surface area contributed by atoms with E-state index in [1.807, 2.05) is 0 Å². The molecule has 0 radical (unpaired) electrons. The Balaban J connectivity index is 1.79. The molecule has 0 bridgehead atoms. The maximum Gasteiger partial charge on any atom is 0.337 e. The molecule has 1 fully saturated rings. The fraction of sp³-hybridized carbons (Fsp3) is 0.632. The van der Waals surface area contributed by atoms with Crippen LogP contribution in [0.5, 0.6) is 0 Å². The van der Waals surface area contributed by atoms with Crippen molar-refractivity contribution in [3.63, 3.8) is 0 Å². The normalized spacial score (nSPS) is 16.5. The lowest BCUT2D eigenvalue weighted by Gasteiger charge is -2.33. The number of methoxy groups -OCH3 is 1. The zero-order chi connectivity index (χ0) is 20.7. The Bertz CT molecular complexity index is 762. The first kappa shape index (κ1) is 22.7. The number of carbonyl (C=O) groups excluding carboxylic acids is 1. The molecule has 2 rings (SSSR count). The highest BCUT2D eigenvalue weighted by atomic mass is 32.2. The average molecular weight is 417 g/mol. The number of hydrogen-bond acceptors (Lipinski definition) is 7. The maximum atomic E-state index is 14.1. The van der Waals surface area contributed by atoms with Crippen LogP contribution >= 0.6 is 0 Å². The minimum atomic E-state index is -3.95. The number of esters is 1. The molecule has 1 saturated heterocycles. The van der Waals surface area contributed by atoms with E-state index in [2.05, 4.69) is 28.8 Å². The average Bonchev–Trinajstić information content (AvgIpc) is 2.63. The molecule has 0 spiro atoms. The molecule has 0 amide bonds. The molecule has 0 aliphatic carbocycles. The molecule has 28 heavy (non-hydrogen) atoms. The number of carbonyl (C=O) groups is 1. The largest absolute Gasteiger partial charge is 0.465 e. The van der Waals surface area contributed by atoms with Crippen LogP contribution in [0.1, 0.15) is 42.6 Å². The van der Waals surface area contributed by atoms with Gasteiger partial charge in [0.15, 0.2) is 0 Å². The van der Waals surface area contributed by atoms with E-state index in [0.717, 1.165) is 38.5 Å². The highest BCUT2D eigenvalue weighted by molar-refractivity contribution is 7.85. The monoisotopic (exact) mass is 416 g/mol. The number of nitrogens with one attached hydrogen (secondary N) is 1. The first-order valence-electron chi connectivity index (χ1n) is 9.39. The first-order valence-corrected chi connectivity index (χ1v) is 11.0. The molecule has 1 aromatic rings. The van der Waals surface area contributed by atoms with E-state index in [0.29, 0.717) is 5.92 Å². The van der Waals surface area contributed by atoms with Crippen LogP contribution in [-0.4, -0.2) is 58.8 Å². The van der Waals surface area contributed by atoms with Crippen molar-refractivity contribution in [2.24, 2.45) is 5.92 Å². The van der Waals surface area contributed by atoms with Crippen LogP contribution in [0.25, 0.3) is 0 Å². The van der Waals surface area contributed by atoms with Crippen molar-refractivity contribution >= 4 is 16.1 Å². The van der Waals surface area contributed by atoms with Crippen molar-refractivity contribution in [2.45, 2.75) is 38.5 Å². The van der Waals surface area contributed by atoms with Crippen molar-refractivity contribution < 1.29 is 26.5 Å². The lowest BCUT2D eigenvalue weighted by molar-refractivity contribution is 0.0600. The van der Waals surface area contributed by atoms with Crippen LogP contribution in [0.3, 0.4) is 0 Å². The number of nitrogens with zero attached hydrogens (tertiary/aromatic N) is 1. The Hall–Kier alpha value is -1.55. The summed E-state index contributed by atoms with van der Waals surface area (Å²) in [5, 5.41) is 3.10. The van der Waals surface area contributed by atoms with Gasteiger partial charge in [-0.1, -0.05) is 19.9 Å². The van der Waals surface area contributed by atoms with E-state index in [4.69, 9.17) is 4.18 Å². The summed E-state index contributed by atoms with van der Waals surface area (Å²) in [5.74, 6) is -1.46. The van der Waals surface area contributed by atoms with Gasteiger partial charge in [0.05, 0.1) is 12.7 Å². The molecule has 1 aliphatic heterocycles. The van der Waals surface area contributed by atoms with Crippen LogP contribution < -0.4 is 5.32 Å². The Morgan fingerprint density at radius 2 is 2.00 bits per heavy atom. The summed E-state index contributed by atoms with van der Waals surface area (Å²) in [5.41, 5.74) is -0.0396. The summed E-state index contributed by atoms with van der Waals surface area (Å²) in [6, 6.07) is 3.73. The van der Waals surface area contributed by atoms with Gasteiger partial charge in [0.2, 0.25) is 0 Å². The van der Waals surface area contributed by atoms with Crippen molar-refractivity contribution in [1.29, 1.82) is 0 Å². The maximum absolute atomic E-state index is 14.1. The molecule has 0 aromatic heterocycles. The molecule has 7 nitrogen and oxygen atoms in total. The topological polar surface area (TPSA) is 84.9 Å².